The summed E-state index contributed by atoms with van der Waals surface area (Å²) in [5.74, 6) is -0.615. The number of carboxylic acids is 1. The van der Waals surface area contributed by atoms with E-state index in [1.165, 1.54) is 0 Å². The van der Waals surface area contributed by atoms with Gasteiger partial charge in [-0.1, -0.05) is 12.1 Å². The summed E-state index contributed by atoms with van der Waals surface area (Å²) in [6.07, 6.45) is 4.85. The Labute approximate surface area is 173 Å². The van der Waals surface area contributed by atoms with Crippen molar-refractivity contribution in [2.24, 2.45) is 7.05 Å². The molecule has 1 atom stereocenters. The minimum atomic E-state index is -1.04. The van der Waals surface area contributed by atoms with Crippen molar-refractivity contribution in [2.45, 2.75) is 18.8 Å². The SMILES string of the molecule is COc1ccccc1-c1nn(C)cc1C(=O)N1CCCC(c2cn[nH]c2C(=O)O)C1. The third-order valence-corrected chi connectivity index (χ3v) is 5.45. The molecule has 1 aliphatic rings. The summed E-state index contributed by atoms with van der Waals surface area (Å²) >= 11 is 0. The van der Waals surface area contributed by atoms with Gasteiger partial charge in [0.05, 0.1) is 18.9 Å². The van der Waals surface area contributed by atoms with E-state index in [4.69, 9.17) is 4.74 Å². The molecule has 4 rings (SSSR count). The van der Waals surface area contributed by atoms with E-state index in [0.29, 0.717) is 35.7 Å². The van der Waals surface area contributed by atoms with Crippen LogP contribution in [0.4, 0.5) is 0 Å². The number of hydrogen-bond acceptors (Lipinski definition) is 5. The van der Waals surface area contributed by atoms with E-state index in [2.05, 4.69) is 15.3 Å². The molecule has 2 aromatic heterocycles. The number of likely N-dealkylation sites (tertiary alicyclic amines) is 1. The molecule has 30 heavy (non-hydrogen) atoms. The molecule has 1 unspecified atom stereocenters. The third-order valence-electron chi connectivity index (χ3n) is 5.45. The summed E-state index contributed by atoms with van der Waals surface area (Å²) in [5.41, 5.74) is 2.53. The first-order valence-corrected chi connectivity index (χ1v) is 9.72. The van der Waals surface area contributed by atoms with Crippen LogP contribution in [0.15, 0.2) is 36.7 Å². The number of aromatic carboxylic acids is 1. The number of para-hydroxylation sites is 1. The number of nitrogens with one attached hydrogen (secondary N) is 1. The molecule has 2 N–H and O–H groups in total. The van der Waals surface area contributed by atoms with Gasteiger partial charge in [0, 0.05) is 43.4 Å². The number of hydrogen-bond donors (Lipinski definition) is 2. The van der Waals surface area contributed by atoms with Gasteiger partial charge in [0.2, 0.25) is 0 Å². The van der Waals surface area contributed by atoms with Crippen LogP contribution in [-0.4, -0.2) is 62.1 Å². The Balaban J connectivity index is 1.64. The number of carboxylic acid groups (broad SMARTS) is 1. The van der Waals surface area contributed by atoms with E-state index in [-0.39, 0.29) is 17.5 Å². The van der Waals surface area contributed by atoms with Crippen LogP contribution in [0.5, 0.6) is 5.75 Å². The maximum absolute atomic E-state index is 13.4. The lowest BCUT2D eigenvalue weighted by atomic mass is 9.90. The Morgan fingerprint density at radius 3 is 2.87 bits per heavy atom. The fourth-order valence-electron chi connectivity index (χ4n) is 4.05. The minimum Gasteiger partial charge on any atom is -0.496 e. The van der Waals surface area contributed by atoms with Gasteiger partial charge in [-0.15, -0.1) is 0 Å². The molecule has 1 aromatic carbocycles. The lowest BCUT2D eigenvalue weighted by Crippen LogP contribution is -2.39. The molecule has 3 aromatic rings. The number of aromatic nitrogens is 4. The first kappa shape index (κ1) is 19.7. The molecule has 156 valence electrons. The van der Waals surface area contributed by atoms with E-state index in [1.54, 1.807) is 36.1 Å². The van der Waals surface area contributed by atoms with E-state index < -0.39 is 5.97 Å². The summed E-state index contributed by atoms with van der Waals surface area (Å²) in [6.45, 7) is 1.04. The van der Waals surface area contributed by atoms with Crippen molar-refractivity contribution in [3.8, 4) is 17.0 Å². The second-order valence-corrected chi connectivity index (χ2v) is 7.36. The number of H-pyrrole nitrogens is 1. The highest BCUT2D eigenvalue weighted by atomic mass is 16.5. The van der Waals surface area contributed by atoms with Crippen LogP contribution in [0.3, 0.4) is 0 Å². The van der Waals surface area contributed by atoms with Crippen LogP contribution in [0.2, 0.25) is 0 Å². The Morgan fingerprint density at radius 1 is 1.30 bits per heavy atom. The van der Waals surface area contributed by atoms with Crippen LogP contribution in [0, 0.1) is 0 Å². The maximum atomic E-state index is 13.4. The Bertz CT molecular complexity index is 1090. The van der Waals surface area contributed by atoms with E-state index in [9.17, 15) is 14.7 Å². The Morgan fingerprint density at radius 2 is 2.10 bits per heavy atom. The Kier molecular flexibility index (Phi) is 5.26. The number of benzene rings is 1. The summed E-state index contributed by atoms with van der Waals surface area (Å²) in [7, 11) is 3.36. The fourth-order valence-corrected chi connectivity index (χ4v) is 4.05. The van der Waals surface area contributed by atoms with E-state index >= 15 is 0 Å². The van der Waals surface area contributed by atoms with Crippen LogP contribution in [0.1, 0.15) is 45.2 Å². The average Bonchev–Trinajstić information content (AvgIpc) is 3.40. The predicted octanol–water partition coefficient (Wildman–Crippen LogP) is 2.54. The topological polar surface area (TPSA) is 113 Å². The fraction of sp³-hybridized carbons (Fsp3) is 0.333. The van der Waals surface area contributed by atoms with E-state index in [1.807, 2.05) is 24.3 Å². The first-order chi connectivity index (χ1) is 14.5. The van der Waals surface area contributed by atoms with Crippen LogP contribution < -0.4 is 4.74 Å². The summed E-state index contributed by atoms with van der Waals surface area (Å²) in [4.78, 5) is 26.7. The van der Waals surface area contributed by atoms with Crippen LogP contribution in [0.25, 0.3) is 11.3 Å². The number of ether oxygens (including phenoxy) is 1. The summed E-state index contributed by atoms with van der Waals surface area (Å²) in [6, 6.07) is 7.46. The molecule has 3 heterocycles. The molecule has 9 nitrogen and oxygen atoms in total. The molecule has 1 fully saturated rings. The van der Waals surface area contributed by atoms with Crippen LogP contribution >= 0.6 is 0 Å². The lowest BCUT2D eigenvalue weighted by Gasteiger charge is -2.32. The van der Waals surface area contributed by atoms with Crippen molar-refractivity contribution in [3.63, 3.8) is 0 Å². The molecule has 1 saturated heterocycles. The monoisotopic (exact) mass is 409 g/mol. The van der Waals surface area contributed by atoms with Gasteiger partial charge in [0.25, 0.3) is 5.91 Å². The zero-order chi connectivity index (χ0) is 21.3. The normalized spacial score (nSPS) is 16.5. The molecule has 0 saturated carbocycles. The van der Waals surface area contributed by atoms with Gasteiger partial charge in [-0.3, -0.25) is 14.6 Å². The van der Waals surface area contributed by atoms with Crippen LogP contribution in [-0.2, 0) is 7.05 Å². The first-order valence-electron chi connectivity index (χ1n) is 9.72. The predicted molar refractivity (Wildman–Crippen MR) is 109 cm³/mol. The molecule has 1 amide bonds. The van der Waals surface area contributed by atoms with Crippen molar-refractivity contribution < 1.29 is 19.4 Å². The molecular formula is C21H23N5O4. The smallest absolute Gasteiger partial charge is 0.354 e. The summed E-state index contributed by atoms with van der Waals surface area (Å²) in [5, 5.41) is 20.3. The van der Waals surface area contributed by atoms with Crippen molar-refractivity contribution in [1.82, 2.24) is 24.9 Å². The zero-order valence-electron chi connectivity index (χ0n) is 16.8. The van der Waals surface area contributed by atoms with Gasteiger partial charge in [-0.2, -0.15) is 10.2 Å². The number of carbonyl (C=O) groups excluding carboxylic acids is 1. The largest absolute Gasteiger partial charge is 0.496 e. The number of nitrogens with zero attached hydrogens (tertiary/aromatic N) is 4. The van der Waals surface area contributed by atoms with Gasteiger partial charge in [0.1, 0.15) is 17.1 Å². The quantitative estimate of drug-likeness (QED) is 0.669. The molecule has 9 heteroatoms. The highest BCUT2D eigenvalue weighted by Gasteiger charge is 2.31. The number of methoxy groups -OCH3 is 1. The highest BCUT2D eigenvalue weighted by molar-refractivity contribution is 6.00. The lowest BCUT2D eigenvalue weighted by molar-refractivity contribution is 0.0686. The van der Waals surface area contributed by atoms with Gasteiger partial charge in [-0.25, -0.2) is 4.79 Å². The molecule has 0 spiro atoms. The second-order valence-electron chi connectivity index (χ2n) is 7.36. The number of carbonyl (C=O) groups is 2. The molecule has 1 aliphatic heterocycles. The number of aryl methyl sites for hydroxylation is 1. The molecule has 0 radical (unpaired) electrons. The minimum absolute atomic E-state index is 0.0843. The van der Waals surface area contributed by atoms with Crippen molar-refractivity contribution >= 4 is 11.9 Å². The van der Waals surface area contributed by atoms with Crippen molar-refractivity contribution in [1.29, 1.82) is 0 Å². The van der Waals surface area contributed by atoms with Gasteiger partial charge < -0.3 is 14.7 Å². The van der Waals surface area contributed by atoms with E-state index in [0.717, 1.165) is 18.4 Å². The van der Waals surface area contributed by atoms with Gasteiger partial charge in [0.15, 0.2) is 0 Å². The standard InChI is InChI=1S/C21H23N5O4/c1-25-12-16(18(24-25)14-7-3-4-8-17(14)30-2)20(27)26-9-5-6-13(11-26)15-10-22-23-19(15)21(28)29/h3-4,7-8,10,12-13H,5-6,9,11H2,1-2H3,(H,22,23)(H,28,29). The summed E-state index contributed by atoms with van der Waals surface area (Å²) < 4.78 is 7.07. The molecular weight excluding hydrogens is 386 g/mol. The van der Waals surface area contributed by atoms with Gasteiger partial charge >= 0.3 is 5.97 Å². The number of aromatic amines is 1. The van der Waals surface area contributed by atoms with Crippen molar-refractivity contribution in [2.75, 3.05) is 20.2 Å². The number of rotatable bonds is 5. The number of amides is 1. The zero-order valence-corrected chi connectivity index (χ0v) is 16.8. The Hall–Kier alpha value is -3.62. The van der Waals surface area contributed by atoms with Crippen molar-refractivity contribution in [3.05, 3.63) is 53.5 Å². The highest BCUT2D eigenvalue weighted by Crippen LogP contribution is 2.33. The maximum Gasteiger partial charge on any atom is 0.354 e. The second kappa shape index (κ2) is 8.02. The average molecular weight is 409 g/mol. The number of piperidine rings is 1. The molecule has 0 aliphatic carbocycles. The third kappa shape index (κ3) is 3.54. The van der Waals surface area contributed by atoms with Gasteiger partial charge in [-0.05, 0) is 25.0 Å². The molecule has 0 bridgehead atoms.